The number of benzene rings is 4. The number of carbonyl (C=O) groups excluding carboxylic acids is 2. The lowest BCUT2D eigenvalue weighted by Crippen LogP contribution is -2.56. The molecule has 37 heavy (non-hydrogen) atoms. The van der Waals surface area contributed by atoms with Crippen molar-refractivity contribution in [2.24, 2.45) is 0 Å². The predicted octanol–water partition coefficient (Wildman–Crippen LogP) is 6.58. The van der Waals surface area contributed by atoms with Gasteiger partial charge in [-0.05, 0) is 54.2 Å². The number of aromatic amines is 1. The Labute approximate surface area is 219 Å². The van der Waals surface area contributed by atoms with Crippen LogP contribution >= 0.6 is 12.2 Å². The minimum absolute atomic E-state index is 0.0308. The molecule has 1 aromatic heterocycles. The summed E-state index contributed by atoms with van der Waals surface area (Å²) in [6, 6.07) is 36.1. The Morgan fingerprint density at radius 2 is 1.11 bits per heavy atom. The molecule has 1 aliphatic heterocycles. The number of hydrogen-bond acceptors (Lipinski definition) is 3. The van der Waals surface area contributed by atoms with E-state index < -0.39 is 11.8 Å². The smallest absolute Gasteiger partial charge is 0.270 e. The average molecular weight is 500 g/mol. The van der Waals surface area contributed by atoms with E-state index in [1.54, 1.807) is 6.08 Å². The van der Waals surface area contributed by atoms with E-state index in [1.165, 1.54) is 9.80 Å². The fraction of sp³-hybridized carbons (Fsp3) is 0. The molecule has 4 aromatic carbocycles. The number of carbonyl (C=O) groups is 2. The fourth-order valence-corrected chi connectivity index (χ4v) is 5.01. The molecule has 0 atom stereocenters. The highest BCUT2D eigenvalue weighted by Gasteiger charge is 2.41. The lowest BCUT2D eigenvalue weighted by Gasteiger charge is -2.36. The van der Waals surface area contributed by atoms with Gasteiger partial charge >= 0.3 is 0 Å². The van der Waals surface area contributed by atoms with Gasteiger partial charge < -0.3 is 4.98 Å². The fourth-order valence-electron chi connectivity index (χ4n) is 4.63. The summed E-state index contributed by atoms with van der Waals surface area (Å²) in [6.07, 6.45) is 1.69. The summed E-state index contributed by atoms with van der Waals surface area (Å²) < 4.78 is 0. The van der Waals surface area contributed by atoms with E-state index >= 15 is 0 Å². The van der Waals surface area contributed by atoms with Crippen molar-refractivity contribution in [1.82, 2.24) is 4.98 Å². The van der Waals surface area contributed by atoms with Crippen LogP contribution in [0.3, 0.4) is 0 Å². The molecule has 6 heteroatoms. The van der Waals surface area contributed by atoms with Crippen LogP contribution in [0.5, 0.6) is 0 Å². The standard InChI is InChI=1S/C31H21N3O2S/c35-29-26(20-25-24-18-10-11-19-27(24)32-28(25)21-12-4-1-5-13-21)30(36)34(23-16-8-3-9-17-23)31(37)33(29)22-14-6-2-7-15-22/h1-20,32H. The van der Waals surface area contributed by atoms with Crippen LogP contribution < -0.4 is 9.80 Å². The first-order valence-electron chi connectivity index (χ1n) is 11.8. The van der Waals surface area contributed by atoms with E-state index in [0.717, 1.165) is 27.7 Å². The van der Waals surface area contributed by atoms with Crippen molar-refractivity contribution in [2.75, 3.05) is 9.80 Å². The van der Waals surface area contributed by atoms with Crippen molar-refractivity contribution in [3.8, 4) is 11.3 Å². The third-order valence-electron chi connectivity index (χ3n) is 6.38. The molecule has 5 aromatic rings. The van der Waals surface area contributed by atoms with E-state index in [9.17, 15) is 9.59 Å². The molecule has 0 spiro atoms. The first-order chi connectivity index (χ1) is 18.1. The highest BCUT2D eigenvalue weighted by molar-refractivity contribution is 7.81. The zero-order valence-electron chi connectivity index (χ0n) is 19.7. The van der Waals surface area contributed by atoms with E-state index in [0.29, 0.717) is 11.4 Å². The van der Waals surface area contributed by atoms with Gasteiger partial charge in [0.15, 0.2) is 5.11 Å². The lowest BCUT2D eigenvalue weighted by molar-refractivity contribution is -0.120. The maximum Gasteiger partial charge on any atom is 0.270 e. The van der Waals surface area contributed by atoms with Gasteiger partial charge in [0.05, 0.1) is 17.1 Å². The van der Waals surface area contributed by atoms with Gasteiger partial charge in [0.25, 0.3) is 11.8 Å². The molecule has 0 aliphatic carbocycles. The van der Waals surface area contributed by atoms with Crippen molar-refractivity contribution in [2.45, 2.75) is 0 Å². The normalized spacial score (nSPS) is 13.9. The van der Waals surface area contributed by atoms with Gasteiger partial charge in [0, 0.05) is 16.5 Å². The molecular weight excluding hydrogens is 478 g/mol. The summed E-state index contributed by atoms with van der Waals surface area (Å²) in [7, 11) is 0. The molecule has 0 bridgehead atoms. The van der Waals surface area contributed by atoms with Crippen molar-refractivity contribution < 1.29 is 9.59 Å². The highest BCUT2D eigenvalue weighted by atomic mass is 32.1. The molecule has 178 valence electrons. The number of para-hydroxylation sites is 3. The number of fused-ring (bicyclic) bond motifs is 1. The second kappa shape index (κ2) is 9.33. The van der Waals surface area contributed by atoms with Gasteiger partial charge in [-0.2, -0.15) is 0 Å². The summed E-state index contributed by atoms with van der Waals surface area (Å²) in [5.41, 5.74) is 4.70. The topological polar surface area (TPSA) is 56.4 Å². The first-order valence-corrected chi connectivity index (χ1v) is 12.2. The summed E-state index contributed by atoms with van der Waals surface area (Å²) in [5.74, 6) is -0.921. The van der Waals surface area contributed by atoms with Crippen LogP contribution in [0.1, 0.15) is 5.56 Å². The zero-order chi connectivity index (χ0) is 25.4. The first kappa shape index (κ1) is 22.6. The second-order valence-corrected chi connectivity index (χ2v) is 8.98. The van der Waals surface area contributed by atoms with E-state index in [4.69, 9.17) is 12.2 Å². The van der Waals surface area contributed by atoms with E-state index in [1.807, 2.05) is 115 Å². The number of amides is 2. The molecule has 0 saturated carbocycles. The quantitative estimate of drug-likeness (QED) is 0.173. The van der Waals surface area contributed by atoms with Gasteiger partial charge in [-0.3, -0.25) is 19.4 Å². The summed E-state index contributed by atoms with van der Waals surface area (Å²) in [5, 5.41) is 1.03. The number of nitrogens with zero attached hydrogens (tertiary/aromatic N) is 2. The molecular formula is C31H21N3O2S. The van der Waals surface area contributed by atoms with E-state index in [2.05, 4.69) is 4.98 Å². The molecule has 5 nitrogen and oxygen atoms in total. The van der Waals surface area contributed by atoms with Gasteiger partial charge in [0.2, 0.25) is 0 Å². The molecule has 2 heterocycles. The number of rotatable bonds is 4. The van der Waals surface area contributed by atoms with Crippen LogP contribution in [0.15, 0.2) is 121 Å². The van der Waals surface area contributed by atoms with Crippen LogP contribution in [-0.4, -0.2) is 21.9 Å². The van der Waals surface area contributed by atoms with Gasteiger partial charge in [-0.1, -0.05) is 84.9 Å². The molecule has 2 amide bonds. The van der Waals surface area contributed by atoms with Crippen LogP contribution in [0.2, 0.25) is 0 Å². The molecule has 0 radical (unpaired) electrons. The Morgan fingerprint density at radius 1 is 0.622 bits per heavy atom. The van der Waals surface area contributed by atoms with Crippen molar-refractivity contribution in [3.05, 3.63) is 126 Å². The lowest BCUT2D eigenvalue weighted by atomic mass is 10.00. The number of aromatic nitrogens is 1. The minimum Gasteiger partial charge on any atom is -0.354 e. The molecule has 6 rings (SSSR count). The Kier molecular flexibility index (Phi) is 5.71. The van der Waals surface area contributed by atoms with Crippen molar-refractivity contribution in [3.63, 3.8) is 0 Å². The van der Waals surface area contributed by atoms with Crippen LogP contribution in [0.25, 0.3) is 28.2 Å². The summed E-state index contributed by atoms with van der Waals surface area (Å²) >= 11 is 5.72. The number of anilines is 2. The summed E-state index contributed by atoms with van der Waals surface area (Å²) in [6.45, 7) is 0. The Bertz CT molecular complexity index is 1610. The van der Waals surface area contributed by atoms with Crippen LogP contribution in [0.4, 0.5) is 11.4 Å². The van der Waals surface area contributed by atoms with Gasteiger partial charge in [-0.15, -0.1) is 0 Å². The molecule has 1 saturated heterocycles. The molecule has 0 unspecified atom stereocenters. The third-order valence-corrected chi connectivity index (χ3v) is 6.74. The Balaban J connectivity index is 1.58. The van der Waals surface area contributed by atoms with Crippen LogP contribution in [-0.2, 0) is 9.59 Å². The van der Waals surface area contributed by atoms with Crippen molar-refractivity contribution in [1.29, 1.82) is 0 Å². The zero-order valence-corrected chi connectivity index (χ0v) is 20.5. The van der Waals surface area contributed by atoms with Crippen LogP contribution in [0, 0.1) is 0 Å². The molecule has 1 aliphatic rings. The predicted molar refractivity (Wildman–Crippen MR) is 152 cm³/mol. The third kappa shape index (κ3) is 3.93. The average Bonchev–Trinajstić information content (AvgIpc) is 3.31. The number of nitrogens with one attached hydrogen (secondary N) is 1. The summed E-state index contributed by atoms with van der Waals surface area (Å²) in [4.78, 5) is 34.2. The SMILES string of the molecule is O=C1C(=Cc2c(-c3ccccc3)[nH]c3ccccc23)C(=O)N(c2ccccc2)C(=S)N1c1ccccc1. The van der Waals surface area contributed by atoms with E-state index in [-0.39, 0.29) is 10.7 Å². The largest absolute Gasteiger partial charge is 0.354 e. The van der Waals surface area contributed by atoms with Crippen molar-refractivity contribution >= 4 is 57.5 Å². The maximum absolute atomic E-state index is 13.9. The van der Waals surface area contributed by atoms with Gasteiger partial charge in [0.1, 0.15) is 5.57 Å². The second-order valence-electron chi connectivity index (χ2n) is 8.62. The Hall–Kier alpha value is -4.81. The molecule has 1 N–H and O–H groups in total. The number of thiocarbonyl (C=S) groups is 1. The number of hydrogen-bond donors (Lipinski definition) is 1. The number of H-pyrrole nitrogens is 1. The highest BCUT2D eigenvalue weighted by Crippen LogP contribution is 2.35. The van der Waals surface area contributed by atoms with Gasteiger partial charge in [-0.25, -0.2) is 0 Å². The Morgan fingerprint density at radius 3 is 1.68 bits per heavy atom. The minimum atomic E-state index is -0.460. The maximum atomic E-state index is 13.9. The monoisotopic (exact) mass is 499 g/mol. The molecule has 1 fully saturated rings.